The zero-order valence-corrected chi connectivity index (χ0v) is 19.9. The maximum Gasteiger partial charge on any atom is 0.316 e. The first-order valence-corrected chi connectivity index (χ1v) is 12.4. The first-order valence-electron chi connectivity index (χ1n) is 10.8. The van der Waals surface area contributed by atoms with E-state index in [2.05, 4.69) is 63.0 Å². The summed E-state index contributed by atoms with van der Waals surface area (Å²) >= 11 is 5.91. The molecule has 0 radical (unpaired) electrons. The largest absolute Gasteiger partial charge is 0.494 e. The van der Waals surface area contributed by atoms with E-state index in [1.165, 1.54) is 31.2 Å². The number of halogens is 4. The van der Waals surface area contributed by atoms with E-state index in [-0.39, 0.29) is 0 Å². The number of hydrogen-bond donors (Lipinski definition) is 0. The van der Waals surface area contributed by atoms with Crippen molar-refractivity contribution in [2.75, 3.05) is 6.61 Å². The van der Waals surface area contributed by atoms with Crippen molar-refractivity contribution in [3.05, 3.63) is 29.8 Å². The second-order valence-corrected chi connectivity index (χ2v) is 11.2. The van der Waals surface area contributed by atoms with E-state index >= 15 is 0 Å². The number of alkyl halides is 4. The van der Waals surface area contributed by atoms with Crippen LogP contribution in [0.3, 0.4) is 0 Å². The van der Waals surface area contributed by atoms with Gasteiger partial charge in [0.25, 0.3) is 0 Å². The Morgan fingerprint density at radius 2 is 1.57 bits per heavy atom. The highest BCUT2D eigenvalue weighted by Crippen LogP contribution is 2.53. The highest BCUT2D eigenvalue weighted by Gasteiger charge is 2.52. The van der Waals surface area contributed by atoms with Crippen molar-refractivity contribution >= 4 is 31.9 Å². The van der Waals surface area contributed by atoms with Crippen LogP contribution in [-0.4, -0.2) is 15.8 Å². The van der Waals surface area contributed by atoms with Gasteiger partial charge in [0.1, 0.15) is 5.75 Å². The predicted octanol–water partition coefficient (Wildman–Crippen LogP) is 8.45. The van der Waals surface area contributed by atoms with Crippen LogP contribution in [0.15, 0.2) is 24.3 Å². The average Bonchev–Trinajstić information content (AvgIpc) is 2.69. The molecule has 0 amide bonds. The molecule has 0 atom stereocenters. The van der Waals surface area contributed by atoms with Crippen molar-refractivity contribution in [2.24, 2.45) is 11.8 Å². The molecule has 2 aliphatic rings. The Labute approximate surface area is 185 Å². The number of benzene rings is 1. The minimum absolute atomic E-state index is 0.551. The van der Waals surface area contributed by atoms with Gasteiger partial charge >= 0.3 is 4.83 Å². The van der Waals surface area contributed by atoms with Crippen molar-refractivity contribution in [3.63, 3.8) is 0 Å². The van der Waals surface area contributed by atoms with Crippen molar-refractivity contribution in [1.82, 2.24) is 0 Å². The van der Waals surface area contributed by atoms with Crippen LogP contribution in [0.4, 0.5) is 8.78 Å². The van der Waals surface area contributed by atoms with E-state index < -0.39 is 9.16 Å². The summed E-state index contributed by atoms with van der Waals surface area (Å²) < 4.78 is 32.3. The van der Waals surface area contributed by atoms with Crippen LogP contribution in [0.2, 0.25) is 0 Å². The van der Waals surface area contributed by atoms with Crippen molar-refractivity contribution in [3.8, 4) is 5.75 Å². The summed E-state index contributed by atoms with van der Waals surface area (Å²) in [6.07, 6.45) is 10.0. The smallest absolute Gasteiger partial charge is 0.316 e. The summed E-state index contributed by atoms with van der Waals surface area (Å²) in [5, 5.41) is 0. The molecule has 0 bridgehead atoms. The second-order valence-electron chi connectivity index (χ2n) is 8.68. The molecule has 28 heavy (non-hydrogen) atoms. The van der Waals surface area contributed by atoms with E-state index in [0.29, 0.717) is 30.6 Å². The van der Waals surface area contributed by atoms with Gasteiger partial charge in [-0.05, 0) is 109 Å². The van der Waals surface area contributed by atoms with Crippen LogP contribution in [0.1, 0.15) is 82.6 Å². The number of rotatable bonds is 7. The summed E-state index contributed by atoms with van der Waals surface area (Å²) in [7, 11) is 0. The van der Waals surface area contributed by atoms with Crippen LogP contribution < -0.4 is 4.74 Å². The minimum Gasteiger partial charge on any atom is -0.494 e. The van der Waals surface area contributed by atoms with E-state index in [1.807, 2.05) is 0 Å². The summed E-state index contributed by atoms with van der Waals surface area (Å²) in [5.74, 6) is 2.91. The van der Waals surface area contributed by atoms with Gasteiger partial charge in [0.2, 0.25) is 0 Å². The lowest BCUT2D eigenvalue weighted by Crippen LogP contribution is -2.42. The van der Waals surface area contributed by atoms with Crippen LogP contribution >= 0.6 is 31.9 Å². The molecule has 1 aromatic rings. The Hall–Kier alpha value is -0.160. The molecule has 3 rings (SSSR count). The zero-order chi connectivity index (χ0) is 20.2. The molecule has 0 heterocycles. The molecule has 0 N–H and O–H groups in total. The highest BCUT2D eigenvalue weighted by molar-refractivity contribution is 9.12. The Balaban J connectivity index is 1.46. The van der Waals surface area contributed by atoms with Gasteiger partial charge < -0.3 is 4.74 Å². The van der Waals surface area contributed by atoms with Gasteiger partial charge in [0.15, 0.2) is 0 Å². The normalized spacial score (nSPS) is 31.5. The topological polar surface area (TPSA) is 9.23 Å². The van der Waals surface area contributed by atoms with Crippen LogP contribution in [0.5, 0.6) is 5.75 Å². The van der Waals surface area contributed by atoms with Crippen molar-refractivity contribution in [2.45, 2.75) is 86.2 Å². The third-order valence-electron chi connectivity index (χ3n) is 6.89. The molecule has 0 saturated heterocycles. The van der Waals surface area contributed by atoms with Gasteiger partial charge in [-0.1, -0.05) is 41.4 Å². The van der Waals surface area contributed by atoms with Gasteiger partial charge in [-0.25, -0.2) is 0 Å². The zero-order valence-electron chi connectivity index (χ0n) is 16.7. The molecule has 0 unspecified atom stereocenters. The summed E-state index contributed by atoms with van der Waals surface area (Å²) in [5.41, 5.74) is 1.42. The predicted molar refractivity (Wildman–Crippen MR) is 119 cm³/mol. The average molecular weight is 522 g/mol. The standard InChI is InChI=1S/C23H32Br2F2O/c1-2-3-16-28-21-10-8-19(9-11-21)17-4-6-18(7-5-17)20-12-14-22(24,15-13-20)23(25,26)27/h8-11,17-18,20H,2-7,12-16H2,1H3. The Morgan fingerprint density at radius 3 is 2.11 bits per heavy atom. The first-order chi connectivity index (χ1) is 13.3. The molecular formula is C23H32Br2F2O. The molecule has 0 aromatic heterocycles. The van der Waals surface area contributed by atoms with Crippen molar-refractivity contribution in [1.29, 1.82) is 0 Å². The third-order valence-corrected chi connectivity index (χ3v) is 9.47. The summed E-state index contributed by atoms with van der Waals surface area (Å²) in [6, 6.07) is 8.66. The quantitative estimate of drug-likeness (QED) is 0.258. The SMILES string of the molecule is CCCCOc1ccc(C2CCC(C3CCC(Br)(C(F)(F)Br)CC3)CC2)cc1. The lowest BCUT2D eigenvalue weighted by atomic mass is 9.68. The Morgan fingerprint density at radius 1 is 1.00 bits per heavy atom. The minimum atomic E-state index is -2.82. The van der Waals surface area contributed by atoms with Crippen LogP contribution in [-0.2, 0) is 0 Å². The summed E-state index contributed by atoms with van der Waals surface area (Å²) in [6.45, 7) is 2.96. The van der Waals surface area contributed by atoms with Gasteiger partial charge in [0.05, 0.1) is 10.9 Å². The number of hydrogen-bond acceptors (Lipinski definition) is 1. The molecular weight excluding hydrogens is 490 g/mol. The molecule has 1 aromatic carbocycles. The van der Waals surface area contributed by atoms with E-state index in [9.17, 15) is 8.78 Å². The highest BCUT2D eigenvalue weighted by atomic mass is 79.9. The van der Waals surface area contributed by atoms with E-state index in [1.54, 1.807) is 0 Å². The van der Waals surface area contributed by atoms with Gasteiger partial charge in [-0.2, -0.15) is 8.78 Å². The molecule has 0 aliphatic heterocycles. The van der Waals surface area contributed by atoms with E-state index in [4.69, 9.17) is 4.74 Å². The molecule has 1 nitrogen and oxygen atoms in total. The first kappa shape index (κ1) is 22.5. The maximum absolute atomic E-state index is 13.8. The lowest BCUT2D eigenvalue weighted by Gasteiger charge is -2.42. The van der Waals surface area contributed by atoms with Crippen molar-refractivity contribution < 1.29 is 13.5 Å². The van der Waals surface area contributed by atoms with E-state index in [0.717, 1.165) is 38.0 Å². The van der Waals surface area contributed by atoms with Gasteiger partial charge in [0, 0.05) is 0 Å². The van der Waals surface area contributed by atoms with Gasteiger partial charge in [-0.3, -0.25) is 0 Å². The molecule has 158 valence electrons. The number of ether oxygens (including phenoxy) is 1. The molecule has 0 spiro atoms. The fourth-order valence-electron chi connectivity index (χ4n) is 4.95. The summed E-state index contributed by atoms with van der Waals surface area (Å²) in [4.78, 5) is -2.82. The second kappa shape index (κ2) is 9.76. The molecule has 2 fully saturated rings. The lowest BCUT2D eigenvalue weighted by molar-refractivity contribution is 0.0352. The third kappa shape index (κ3) is 5.50. The maximum atomic E-state index is 13.8. The molecule has 2 aliphatic carbocycles. The van der Waals surface area contributed by atoms with Gasteiger partial charge in [-0.15, -0.1) is 0 Å². The van der Waals surface area contributed by atoms with Crippen LogP contribution in [0, 0.1) is 11.8 Å². The Bertz CT molecular complexity index is 598. The fourth-order valence-corrected chi connectivity index (χ4v) is 5.80. The molecule has 2 saturated carbocycles. The fraction of sp³-hybridized carbons (Fsp3) is 0.739. The molecule has 5 heteroatoms. The Kier molecular flexibility index (Phi) is 7.86. The van der Waals surface area contributed by atoms with Crippen LogP contribution in [0.25, 0.3) is 0 Å². The number of unbranched alkanes of at least 4 members (excludes halogenated alkanes) is 1. The monoisotopic (exact) mass is 520 g/mol.